The van der Waals surface area contributed by atoms with Crippen LogP contribution in [0.2, 0.25) is 0 Å². The topological polar surface area (TPSA) is 95.1 Å². The number of aromatic hydroxyl groups is 1. The zero-order valence-electron chi connectivity index (χ0n) is 8.38. The standard InChI is InChI=1S/C9H8FN3O3S/c10-6-1-2-9(14)8(3-6)13-17(15,16)7-4-11-12-5-7/h1-5,13-14H,(H,11,12). The summed E-state index contributed by atoms with van der Waals surface area (Å²) in [6.07, 6.45) is 2.26. The van der Waals surface area contributed by atoms with E-state index in [-0.39, 0.29) is 16.3 Å². The molecule has 6 nitrogen and oxygen atoms in total. The van der Waals surface area contributed by atoms with Crippen molar-refractivity contribution >= 4 is 15.7 Å². The molecule has 8 heteroatoms. The zero-order chi connectivity index (χ0) is 12.5. The van der Waals surface area contributed by atoms with Crippen LogP contribution in [-0.2, 0) is 10.0 Å². The monoisotopic (exact) mass is 257 g/mol. The highest BCUT2D eigenvalue weighted by atomic mass is 32.2. The summed E-state index contributed by atoms with van der Waals surface area (Å²) in [5.41, 5.74) is -0.230. The minimum atomic E-state index is -3.88. The van der Waals surface area contributed by atoms with Crippen LogP contribution in [0.4, 0.5) is 10.1 Å². The summed E-state index contributed by atoms with van der Waals surface area (Å²) in [6.45, 7) is 0. The van der Waals surface area contributed by atoms with Gasteiger partial charge in [0.1, 0.15) is 16.5 Å². The lowest BCUT2D eigenvalue weighted by Gasteiger charge is -2.07. The average Bonchev–Trinajstić information content (AvgIpc) is 2.77. The van der Waals surface area contributed by atoms with Gasteiger partial charge in [-0.3, -0.25) is 9.82 Å². The molecule has 90 valence electrons. The van der Waals surface area contributed by atoms with E-state index in [0.29, 0.717) is 0 Å². The van der Waals surface area contributed by atoms with Gasteiger partial charge in [0.05, 0.1) is 11.9 Å². The lowest BCUT2D eigenvalue weighted by molar-refractivity contribution is 0.475. The SMILES string of the molecule is O=S(=O)(Nc1cc(F)ccc1O)c1cn[nH]c1. The van der Waals surface area contributed by atoms with Gasteiger partial charge in [-0.2, -0.15) is 5.10 Å². The van der Waals surface area contributed by atoms with Gasteiger partial charge in [0, 0.05) is 12.3 Å². The summed E-state index contributed by atoms with van der Waals surface area (Å²) < 4.78 is 38.4. The van der Waals surface area contributed by atoms with Crippen molar-refractivity contribution in [3.8, 4) is 5.75 Å². The Morgan fingerprint density at radius 1 is 1.41 bits per heavy atom. The maximum absolute atomic E-state index is 12.9. The van der Waals surface area contributed by atoms with Gasteiger partial charge in [-0.25, -0.2) is 12.8 Å². The highest BCUT2D eigenvalue weighted by Crippen LogP contribution is 2.26. The summed E-state index contributed by atoms with van der Waals surface area (Å²) in [5.74, 6) is -1.02. The van der Waals surface area contributed by atoms with Crippen molar-refractivity contribution in [3.63, 3.8) is 0 Å². The van der Waals surface area contributed by atoms with Crippen molar-refractivity contribution in [2.24, 2.45) is 0 Å². The molecule has 0 aliphatic heterocycles. The Labute approximate surface area is 96.2 Å². The summed E-state index contributed by atoms with van der Waals surface area (Å²) in [7, 11) is -3.88. The normalized spacial score (nSPS) is 11.4. The Morgan fingerprint density at radius 3 is 2.82 bits per heavy atom. The van der Waals surface area contributed by atoms with Crippen LogP contribution < -0.4 is 4.72 Å². The first kappa shape index (κ1) is 11.4. The highest BCUT2D eigenvalue weighted by molar-refractivity contribution is 7.92. The predicted molar refractivity (Wildman–Crippen MR) is 57.5 cm³/mol. The number of sulfonamides is 1. The lowest BCUT2D eigenvalue weighted by Crippen LogP contribution is -2.12. The van der Waals surface area contributed by atoms with Crippen molar-refractivity contribution in [2.75, 3.05) is 4.72 Å². The Kier molecular flexibility index (Phi) is 2.72. The Bertz CT molecular complexity index is 625. The molecule has 2 aromatic rings. The van der Waals surface area contributed by atoms with Gasteiger partial charge in [-0.1, -0.05) is 0 Å². The van der Waals surface area contributed by atoms with Crippen molar-refractivity contribution < 1.29 is 17.9 Å². The smallest absolute Gasteiger partial charge is 0.265 e. The molecule has 0 saturated carbocycles. The minimum absolute atomic E-state index is 0.110. The molecule has 0 amide bonds. The van der Waals surface area contributed by atoms with Crippen molar-refractivity contribution in [2.45, 2.75) is 4.90 Å². The third-order valence-electron chi connectivity index (χ3n) is 1.99. The largest absolute Gasteiger partial charge is 0.506 e. The molecule has 1 aromatic heterocycles. The van der Waals surface area contributed by atoms with Crippen LogP contribution in [0.3, 0.4) is 0 Å². The maximum Gasteiger partial charge on any atom is 0.265 e. The van der Waals surface area contributed by atoms with Gasteiger partial charge in [-0.05, 0) is 12.1 Å². The fraction of sp³-hybridized carbons (Fsp3) is 0. The molecule has 2 rings (SSSR count). The number of aromatic amines is 1. The Balaban J connectivity index is 2.36. The fourth-order valence-corrected chi connectivity index (χ4v) is 2.15. The van der Waals surface area contributed by atoms with E-state index in [1.54, 1.807) is 0 Å². The van der Waals surface area contributed by atoms with E-state index in [1.807, 2.05) is 0 Å². The first-order valence-electron chi connectivity index (χ1n) is 4.49. The highest BCUT2D eigenvalue weighted by Gasteiger charge is 2.17. The molecule has 0 bridgehead atoms. The fourth-order valence-electron chi connectivity index (χ4n) is 1.18. The summed E-state index contributed by atoms with van der Waals surface area (Å²) in [5, 5.41) is 15.2. The molecule has 1 aromatic carbocycles. The van der Waals surface area contributed by atoms with Crippen molar-refractivity contribution in [1.29, 1.82) is 0 Å². The minimum Gasteiger partial charge on any atom is -0.506 e. The zero-order valence-corrected chi connectivity index (χ0v) is 9.20. The van der Waals surface area contributed by atoms with Gasteiger partial charge in [0.25, 0.3) is 10.0 Å². The van der Waals surface area contributed by atoms with E-state index < -0.39 is 15.8 Å². The number of anilines is 1. The molecular formula is C9H8FN3O3S. The molecule has 0 unspecified atom stereocenters. The van der Waals surface area contributed by atoms with Gasteiger partial charge < -0.3 is 5.11 Å². The number of phenols is 1. The van der Waals surface area contributed by atoms with Crippen LogP contribution in [0.25, 0.3) is 0 Å². The second-order valence-electron chi connectivity index (χ2n) is 3.20. The number of phenolic OH excluding ortho intramolecular Hbond substituents is 1. The van der Waals surface area contributed by atoms with E-state index in [1.165, 1.54) is 6.20 Å². The number of benzene rings is 1. The lowest BCUT2D eigenvalue weighted by atomic mass is 10.3. The summed E-state index contributed by atoms with van der Waals surface area (Å²) in [4.78, 5) is -0.110. The Morgan fingerprint density at radius 2 is 2.18 bits per heavy atom. The average molecular weight is 257 g/mol. The molecule has 3 N–H and O–H groups in total. The van der Waals surface area contributed by atoms with Crippen LogP contribution >= 0.6 is 0 Å². The first-order chi connectivity index (χ1) is 7.99. The molecule has 0 aliphatic carbocycles. The van der Waals surface area contributed by atoms with Crippen LogP contribution in [0, 0.1) is 5.82 Å². The van der Waals surface area contributed by atoms with E-state index in [9.17, 15) is 17.9 Å². The number of nitrogens with zero attached hydrogens (tertiary/aromatic N) is 1. The van der Waals surface area contributed by atoms with E-state index in [4.69, 9.17) is 0 Å². The summed E-state index contributed by atoms with van der Waals surface area (Å²) in [6, 6.07) is 2.96. The van der Waals surface area contributed by atoms with Gasteiger partial charge in [-0.15, -0.1) is 0 Å². The van der Waals surface area contributed by atoms with Crippen molar-refractivity contribution in [1.82, 2.24) is 10.2 Å². The third kappa shape index (κ3) is 2.36. The van der Waals surface area contributed by atoms with Crippen molar-refractivity contribution in [3.05, 3.63) is 36.4 Å². The van der Waals surface area contributed by atoms with Gasteiger partial charge in [0.2, 0.25) is 0 Å². The van der Waals surface area contributed by atoms with Crippen LogP contribution in [0.5, 0.6) is 5.75 Å². The first-order valence-corrected chi connectivity index (χ1v) is 5.97. The second kappa shape index (κ2) is 4.06. The van der Waals surface area contributed by atoms with Crippen LogP contribution in [-0.4, -0.2) is 23.7 Å². The second-order valence-corrected chi connectivity index (χ2v) is 4.88. The number of nitrogens with one attached hydrogen (secondary N) is 2. The Hall–Kier alpha value is -2.09. The number of aromatic nitrogens is 2. The number of H-pyrrole nitrogens is 1. The molecule has 0 fully saturated rings. The molecular weight excluding hydrogens is 249 g/mol. The summed E-state index contributed by atoms with van der Waals surface area (Å²) >= 11 is 0. The molecule has 0 atom stereocenters. The maximum atomic E-state index is 12.9. The molecule has 0 radical (unpaired) electrons. The molecule has 0 saturated heterocycles. The number of rotatable bonds is 3. The van der Waals surface area contributed by atoms with E-state index in [2.05, 4.69) is 14.9 Å². The number of halogens is 1. The van der Waals surface area contributed by atoms with E-state index in [0.717, 1.165) is 24.4 Å². The van der Waals surface area contributed by atoms with Crippen LogP contribution in [0.15, 0.2) is 35.5 Å². The van der Waals surface area contributed by atoms with Gasteiger partial charge >= 0.3 is 0 Å². The quantitative estimate of drug-likeness (QED) is 0.716. The molecule has 0 aliphatic rings. The third-order valence-corrected chi connectivity index (χ3v) is 3.32. The number of hydrogen-bond acceptors (Lipinski definition) is 4. The van der Waals surface area contributed by atoms with E-state index >= 15 is 0 Å². The number of hydrogen-bond donors (Lipinski definition) is 3. The molecule has 0 spiro atoms. The van der Waals surface area contributed by atoms with Crippen LogP contribution in [0.1, 0.15) is 0 Å². The van der Waals surface area contributed by atoms with Gasteiger partial charge in [0.15, 0.2) is 0 Å². The molecule has 1 heterocycles. The predicted octanol–water partition coefficient (Wildman–Crippen LogP) is 1.06. The molecule has 17 heavy (non-hydrogen) atoms.